The molecule has 0 fully saturated rings. The van der Waals surface area contributed by atoms with Gasteiger partial charge in [0.05, 0.1) is 20.1 Å². The number of allylic oxidation sites excluding steroid dienone is 1. The highest BCUT2D eigenvalue weighted by Crippen LogP contribution is 2.50. The first-order chi connectivity index (χ1) is 14.4. The summed E-state index contributed by atoms with van der Waals surface area (Å²) in [6.07, 6.45) is 1.98. The molecule has 0 aromatic heterocycles. The number of carbonyl (C=O) groups excluding carboxylic acids is 2. The first kappa shape index (κ1) is 21.6. The molecule has 0 amide bonds. The van der Waals surface area contributed by atoms with Gasteiger partial charge in [-0.05, 0) is 16.5 Å². The Morgan fingerprint density at radius 1 is 0.900 bits per heavy atom. The van der Waals surface area contributed by atoms with Crippen molar-refractivity contribution in [1.82, 2.24) is 5.32 Å². The molecular formula is C25H29NO4. The van der Waals surface area contributed by atoms with E-state index in [0.29, 0.717) is 6.54 Å². The third-order valence-corrected chi connectivity index (χ3v) is 5.82. The summed E-state index contributed by atoms with van der Waals surface area (Å²) in [7, 11) is 2.77. The Morgan fingerprint density at radius 2 is 1.47 bits per heavy atom. The van der Waals surface area contributed by atoms with Gasteiger partial charge in [-0.3, -0.25) is 9.59 Å². The summed E-state index contributed by atoms with van der Waals surface area (Å²) in [6.45, 7) is 4.57. The van der Waals surface area contributed by atoms with Crippen LogP contribution in [0.1, 0.15) is 30.9 Å². The fourth-order valence-electron chi connectivity index (χ4n) is 4.43. The Kier molecular flexibility index (Phi) is 6.60. The largest absolute Gasteiger partial charge is 0.469 e. The van der Waals surface area contributed by atoms with Crippen LogP contribution in [0.5, 0.6) is 0 Å². The molecule has 30 heavy (non-hydrogen) atoms. The average molecular weight is 408 g/mol. The van der Waals surface area contributed by atoms with Gasteiger partial charge in [0, 0.05) is 18.2 Å². The monoisotopic (exact) mass is 407 g/mol. The lowest BCUT2D eigenvalue weighted by molar-refractivity contribution is -0.154. The molecule has 3 rings (SSSR count). The predicted molar refractivity (Wildman–Crippen MR) is 115 cm³/mol. The minimum absolute atomic E-state index is 0.332. The molecule has 5 heteroatoms. The maximum Gasteiger partial charge on any atom is 0.315 e. The average Bonchev–Trinajstić information content (AvgIpc) is 2.77. The van der Waals surface area contributed by atoms with Crippen molar-refractivity contribution >= 4 is 11.9 Å². The molecule has 0 saturated heterocycles. The highest BCUT2D eigenvalue weighted by atomic mass is 16.5. The molecule has 0 bridgehead atoms. The van der Waals surface area contributed by atoms with Gasteiger partial charge in [-0.25, -0.2) is 0 Å². The Morgan fingerprint density at radius 3 is 2.03 bits per heavy atom. The molecule has 0 unspecified atom stereocenters. The first-order valence-electron chi connectivity index (χ1n) is 10.1. The van der Waals surface area contributed by atoms with Gasteiger partial charge < -0.3 is 14.8 Å². The number of methoxy groups -OCH3 is 2. The van der Waals surface area contributed by atoms with Crippen LogP contribution in [0.2, 0.25) is 0 Å². The molecule has 1 aliphatic carbocycles. The molecule has 0 aliphatic heterocycles. The summed E-state index contributed by atoms with van der Waals surface area (Å²) >= 11 is 0. The fraction of sp³-hybridized carbons (Fsp3) is 0.360. The zero-order valence-corrected chi connectivity index (χ0v) is 17.9. The third kappa shape index (κ3) is 4.40. The number of hydrogen-bond donors (Lipinski definition) is 1. The lowest BCUT2D eigenvalue weighted by Gasteiger charge is -2.44. The Balaban J connectivity index is 2.09. The van der Waals surface area contributed by atoms with E-state index in [0.717, 1.165) is 16.8 Å². The van der Waals surface area contributed by atoms with Gasteiger partial charge in [0.1, 0.15) is 5.92 Å². The molecule has 2 aromatic rings. The van der Waals surface area contributed by atoms with E-state index in [1.165, 1.54) is 14.2 Å². The third-order valence-electron chi connectivity index (χ3n) is 5.82. The molecule has 0 saturated carbocycles. The van der Waals surface area contributed by atoms with Crippen molar-refractivity contribution in [3.05, 3.63) is 83.6 Å². The Hall–Kier alpha value is -3.08. The van der Waals surface area contributed by atoms with Gasteiger partial charge in [-0.15, -0.1) is 0 Å². The van der Waals surface area contributed by atoms with Crippen molar-refractivity contribution in [3.63, 3.8) is 0 Å². The van der Waals surface area contributed by atoms with E-state index in [4.69, 9.17) is 9.47 Å². The van der Waals surface area contributed by atoms with E-state index in [2.05, 4.69) is 5.32 Å². The van der Waals surface area contributed by atoms with Gasteiger partial charge in [0.15, 0.2) is 0 Å². The Bertz CT molecular complexity index is 905. The minimum Gasteiger partial charge on any atom is -0.469 e. The number of esters is 2. The quantitative estimate of drug-likeness (QED) is 0.732. The highest BCUT2D eigenvalue weighted by Gasteiger charge is 2.52. The highest BCUT2D eigenvalue weighted by molar-refractivity contribution is 5.82. The van der Waals surface area contributed by atoms with Crippen LogP contribution in [-0.2, 0) is 25.6 Å². The second-order valence-corrected chi connectivity index (χ2v) is 8.20. The maximum absolute atomic E-state index is 13.0. The van der Waals surface area contributed by atoms with Crippen LogP contribution in [0, 0.1) is 17.3 Å². The van der Waals surface area contributed by atoms with Gasteiger partial charge >= 0.3 is 11.9 Å². The molecule has 1 aliphatic rings. The van der Waals surface area contributed by atoms with E-state index < -0.39 is 23.2 Å². The van der Waals surface area contributed by atoms with Crippen LogP contribution in [0.25, 0.3) is 0 Å². The van der Waals surface area contributed by atoms with Gasteiger partial charge in [0.25, 0.3) is 0 Å². The molecular weight excluding hydrogens is 378 g/mol. The number of rotatable bonds is 6. The van der Waals surface area contributed by atoms with Crippen LogP contribution >= 0.6 is 0 Å². The molecule has 3 atom stereocenters. The number of carbonyl (C=O) groups is 2. The normalized spacial score (nSPS) is 22.5. The van der Waals surface area contributed by atoms with E-state index in [9.17, 15) is 9.59 Å². The smallest absolute Gasteiger partial charge is 0.315 e. The lowest BCUT2D eigenvalue weighted by atomic mass is 9.60. The molecule has 158 valence electrons. The summed E-state index contributed by atoms with van der Waals surface area (Å²) in [6, 6.07) is 19.6. The van der Waals surface area contributed by atoms with Crippen molar-refractivity contribution in [2.75, 3.05) is 14.2 Å². The van der Waals surface area contributed by atoms with Crippen molar-refractivity contribution in [2.45, 2.75) is 26.3 Å². The SMILES string of the molecule is COC(=O)[C@H]1C(NCc2ccccc2)=CC(C)(C)[C@@H](C(=O)OC)[C@@H]1c1ccccc1. The van der Waals surface area contributed by atoms with Crippen molar-refractivity contribution in [1.29, 1.82) is 0 Å². The maximum atomic E-state index is 13.0. The van der Waals surface area contributed by atoms with Gasteiger partial charge in [0.2, 0.25) is 0 Å². The summed E-state index contributed by atoms with van der Waals surface area (Å²) in [4.78, 5) is 25.9. The second-order valence-electron chi connectivity index (χ2n) is 8.20. The summed E-state index contributed by atoms with van der Waals surface area (Å²) in [5.74, 6) is -2.29. The number of hydrogen-bond acceptors (Lipinski definition) is 5. The van der Waals surface area contributed by atoms with E-state index in [1.807, 2.05) is 80.6 Å². The topological polar surface area (TPSA) is 64.6 Å². The van der Waals surface area contributed by atoms with Crippen LogP contribution in [0.3, 0.4) is 0 Å². The number of benzene rings is 2. The van der Waals surface area contributed by atoms with E-state index >= 15 is 0 Å². The van der Waals surface area contributed by atoms with Crippen LogP contribution in [-0.4, -0.2) is 26.2 Å². The van der Waals surface area contributed by atoms with Crippen molar-refractivity contribution in [3.8, 4) is 0 Å². The molecule has 0 heterocycles. The van der Waals surface area contributed by atoms with Gasteiger partial charge in [-0.2, -0.15) is 0 Å². The van der Waals surface area contributed by atoms with Crippen LogP contribution < -0.4 is 5.32 Å². The predicted octanol–water partition coefficient (Wildman–Crippen LogP) is 4.06. The summed E-state index contributed by atoms with van der Waals surface area (Å²) < 4.78 is 10.3. The number of nitrogens with one attached hydrogen (secondary N) is 1. The molecule has 1 N–H and O–H groups in total. The van der Waals surface area contributed by atoms with E-state index in [1.54, 1.807) is 0 Å². The number of ether oxygens (including phenoxy) is 2. The zero-order valence-electron chi connectivity index (χ0n) is 17.9. The molecule has 0 spiro atoms. The van der Waals surface area contributed by atoms with E-state index in [-0.39, 0.29) is 11.9 Å². The first-order valence-corrected chi connectivity index (χ1v) is 10.1. The Labute approximate surface area is 178 Å². The van der Waals surface area contributed by atoms with Crippen molar-refractivity contribution in [2.24, 2.45) is 17.3 Å². The van der Waals surface area contributed by atoms with Crippen LogP contribution in [0.15, 0.2) is 72.4 Å². The van der Waals surface area contributed by atoms with Gasteiger partial charge in [-0.1, -0.05) is 80.6 Å². The lowest BCUT2D eigenvalue weighted by Crippen LogP contribution is -2.47. The minimum atomic E-state index is -0.641. The summed E-state index contributed by atoms with van der Waals surface area (Å²) in [5.41, 5.74) is 2.25. The summed E-state index contributed by atoms with van der Waals surface area (Å²) in [5, 5.41) is 3.44. The fourth-order valence-corrected chi connectivity index (χ4v) is 4.43. The molecule has 5 nitrogen and oxygen atoms in total. The standard InChI is InChI=1S/C25H29NO4/c1-25(2)15-19(26-16-17-11-7-5-8-12-17)21(23(27)29-3)20(22(25)24(28)30-4)18-13-9-6-10-14-18/h5-15,20-22,26H,16H2,1-4H3/t20-,21+,22-/m1/s1. The zero-order chi connectivity index (χ0) is 21.7. The molecule has 2 aromatic carbocycles. The van der Waals surface area contributed by atoms with Crippen molar-refractivity contribution < 1.29 is 19.1 Å². The second kappa shape index (κ2) is 9.16. The van der Waals surface area contributed by atoms with Crippen LogP contribution in [0.4, 0.5) is 0 Å². The molecule has 0 radical (unpaired) electrons.